The summed E-state index contributed by atoms with van der Waals surface area (Å²) in [4.78, 5) is 8.61. The standard InChI is InChI=1S/C16H20FN3O/c1-10(2)21-15-9-11(3)18-16(20-15)19-12(4)13-7-5-6-8-14(13)17/h5-10,12H,1-4H3,(H,18,19,20). The van der Waals surface area contributed by atoms with Crippen LogP contribution in [0.4, 0.5) is 10.3 Å². The zero-order valence-corrected chi connectivity index (χ0v) is 12.7. The molecule has 0 saturated carbocycles. The summed E-state index contributed by atoms with van der Waals surface area (Å²) in [6.45, 7) is 7.61. The van der Waals surface area contributed by atoms with Crippen LogP contribution in [-0.2, 0) is 0 Å². The first-order chi connectivity index (χ1) is 9.95. The average molecular weight is 289 g/mol. The molecule has 0 spiro atoms. The molecule has 0 aliphatic heterocycles. The van der Waals surface area contributed by atoms with Crippen molar-refractivity contribution < 1.29 is 9.13 Å². The van der Waals surface area contributed by atoms with Crippen LogP contribution in [0.15, 0.2) is 30.3 Å². The van der Waals surface area contributed by atoms with E-state index in [1.54, 1.807) is 24.3 Å². The van der Waals surface area contributed by atoms with E-state index in [1.165, 1.54) is 6.07 Å². The summed E-state index contributed by atoms with van der Waals surface area (Å²) in [5.41, 5.74) is 1.37. The molecule has 0 saturated heterocycles. The van der Waals surface area contributed by atoms with Crippen molar-refractivity contribution in [3.63, 3.8) is 0 Å². The van der Waals surface area contributed by atoms with Gasteiger partial charge in [-0.3, -0.25) is 0 Å². The lowest BCUT2D eigenvalue weighted by Gasteiger charge is -2.16. The Morgan fingerprint density at radius 2 is 1.86 bits per heavy atom. The SMILES string of the molecule is Cc1cc(OC(C)C)nc(NC(C)c2ccccc2F)n1. The first kappa shape index (κ1) is 15.2. The molecule has 5 heteroatoms. The molecule has 4 nitrogen and oxygen atoms in total. The van der Waals surface area contributed by atoms with Gasteiger partial charge in [0.25, 0.3) is 0 Å². The molecule has 1 N–H and O–H groups in total. The van der Waals surface area contributed by atoms with Crippen molar-refractivity contribution in [2.75, 3.05) is 5.32 Å². The number of aromatic nitrogens is 2. The van der Waals surface area contributed by atoms with Gasteiger partial charge in [0.05, 0.1) is 12.1 Å². The minimum atomic E-state index is -0.246. The van der Waals surface area contributed by atoms with Gasteiger partial charge in [0.15, 0.2) is 0 Å². The van der Waals surface area contributed by atoms with E-state index in [4.69, 9.17) is 4.74 Å². The molecule has 0 amide bonds. The van der Waals surface area contributed by atoms with Gasteiger partial charge < -0.3 is 10.1 Å². The summed E-state index contributed by atoms with van der Waals surface area (Å²) >= 11 is 0. The number of ether oxygens (including phenoxy) is 1. The van der Waals surface area contributed by atoms with Gasteiger partial charge in [-0.15, -0.1) is 0 Å². The second kappa shape index (κ2) is 6.52. The highest BCUT2D eigenvalue weighted by atomic mass is 19.1. The fourth-order valence-electron chi connectivity index (χ4n) is 2.00. The van der Waals surface area contributed by atoms with Crippen LogP contribution in [0, 0.1) is 12.7 Å². The Bertz CT molecular complexity index is 616. The number of anilines is 1. The van der Waals surface area contributed by atoms with Crippen molar-refractivity contribution in [3.8, 4) is 5.88 Å². The highest BCUT2D eigenvalue weighted by Gasteiger charge is 2.12. The first-order valence-corrected chi connectivity index (χ1v) is 6.99. The van der Waals surface area contributed by atoms with E-state index in [1.807, 2.05) is 27.7 Å². The van der Waals surface area contributed by atoms with Gasteiger partial charge in [0, 0.05) is 17.3 Å². The van der Waals surface area contributed by atoms with Crippen molar-refractivity contribution >= 4 is 5.95 Å². The Hall–Kier alpha value is -2.17. The Kier molecular flexibility index (Phi) is 4.73. The molecule has 21 heavy (non-hydrogen) atoms. The third kappa shape index (κ3) is 4.15. The molecule has 1 aromatic heterocycles. The highest BCUT2D eigenvalue weighted by Crippen LogP contribution is 2.21. The van der Waals surface area contributed by atoms with Gasteiger partial charge in [0.1, 0.15) is 5.82 Å². The van der Waals surface area contributed by atoms with Crippen LogP contribution in [0.3, 0.4) is 0 Å². The summed E-state index contributed by atoms with van der Waals surface area (Å²) < 4.78 is 19.3. The maximum Gasteiger partial charge on any atom is 0.226 e. The molecule has 0 radical (unpaired) electrons. The largest absolute Gasteiger partial charge is 0.475 e. The zero-order valence-electron chi connectivity index (χ0n) is 12.7. The monoisotopic (exact) mass is 289 g/mol. The highest BCUT2D eigenvalue weighted by molar-refractivity contribution is 5.35. The van der Waals surface area contributed by atoms with Crippen LogP contribution in [0.2, 0.25) is 0 Å². The molecule has 1 atom stereocenters. The molecule has 1 aromatic carbocycles. The molecule has 0 bridgehead atoms. The van der Waals surface area contributed by atoms with Crippen LogP contribution in [0.25, 0.3) is 0 Å². The Morgan fingerprint density at radius 3 is 2.52 bits per heavy atom. The van der Waals surface area contributed by atoms with E-state index in [0.29, 0.717) is 17.4 Å². The number of benzene rings is 1. The average Bonchev–Trinajstić information content (AvgIpc) is 2.37. The predicted molar refractivity (Wildman–Crippen MR) is 81.0 cm³/mol. The van der Waals surface area contributed by atoms with Gasteiger partial charge >= 0.3 is 0 Å². The summed E-state index contributed by atoms with van der Waals surface area (Å²) in [5.74, 6) is 0.700. The summed E-state index contributed by atoms with van der Waals surface area (Å²) in [5, 5.41) is 3.11. The number of hydrogen-bond acceptors (Lipinski definition) is 4. The lowest BCUT2D eigenvalue weighted by atomic mass is 10.1. The third-order valence-corrected chi connectivity index (χ3v) is 2.90. The van der Waals surface area contributed by atoms with Crippen LogP contribution in [0.1, 0.15) is 38.1 Å². The van der Waals surface area contributed by atoms with Crippen LogP contribution >= 0.6 is 0 Å². The van der Waals surface area contributed by atoms with E-state index in [-0.39, 0.29) is 18.0 Å². The van der Waals surface area contributed by atoms with Gasteiger partial charge in [-0.1, -0.05) is 18.2 Å². The third-order valence-electron chi connectivity index (χ3n) is 2.90. The van der Waals surface area contributed by atoms with Crippen molar-refractivity contribution in [2.24, 2.45) is 0 Å². The zero-order chi connectivity index (χ0) is 15.4. The van der Waals surface area contributed by atoms with E-state index in [0.717, 1.165) is 5.69 Å². The minimum absolute atomic E-state index is 0.0381. The van der Waals surface area contributed by atoms with Crippen molar-refractivity contribution in [2.45, 2.75) is 39.8 Å². The van der Waals surface area contributed by atoms with E-state index < -0.39 is 0 Å². The number of hydrogen-bond donors (Lipinski definition) is 1. The maximum atomic E-state index is 13.8. The van der Waals surface area contributed by atoms with Gasteiger partial charge in [-0.2, -0.15) is 4.98 Å². The molecular weight excluding hydrogens is 269 g/mol. The minimum Gasteiger partial charge on any atom is -0.475 e. The quantitative estimate of drug-likeness (QED) is 0.907. The fourth-order valence-corrected chi connectivity index (χ4v) is 2.00. The molecule has 2 aromatic rings. The molecule has 0 fully saturated rings. The number of nitrogens with one attached hydrogen (secondary N) is 1. The molecule has 0 aliphatic carbocycles. The normalized spacial score (nSPS) is 12.3. The summed E-state index contributed by atoms with van der Waals surface area (Å²) in [6, 6.07) is 8.20. The van der Waals surface area contributed by atoms with Crippen molar-refractivity contribution in [3.05, 3.63) is 47.4 Å². The van der Waals surface area contributed by atoms with Crippen LogP contribution in [-0.4, -0.2) is 16.1 Å². The lowest BCUT2D eigenvalue weighted by Crippen LogP contribution is -2.13. The van der Waals surface area contributed by atoms with E-state index in [9.17, 15) is 4.39 Å². The topological polar surface area (TPSA) is 47.0 Å². The fraction of sp³-hybridized carbons (Fsp3) is 0.375. The van der Waals surface area contributed by atoms with Crippen LogP contribution < -0.4 is 10.1 Å². The Labute approximate surface area is 124 Å². The van der Waals surface area contributed by atoms with Crippen molar-refractivity contribution in [1.82, 2.24) is 9.97 Å². The summed E-state index contributed by atoms with van der Waals surface area (Å²) in [6.07, 6.45) is 0.0381. The lowest BCUT2D eigenvalue weighted by molar-refractivity contribution is 0.232. The smallest absolute Gasteiger partial charge is 0.226 e. The second-order valence-electron chi connectivity index (χ2n) is 5.23. The molecule has 0 aliphatic rings. The Balaban J connectivity index is 2.19. The van der Waals surface area contributed by atoms with Crippen LogP contribution in [0.5, 0.6) is 5.88 Å². The molecular formula is C16H20FN3O. The molecule has 2 rings (SSSR count). The van der Waals surface area contributed by atoms with Gasteiger partial charge in [0.2, 0.25) is 11.8 Å². The first-order valence-electron chi connectivity index (χ1n) is 6.99. The Morgan fingerprint density at radius 1 is 1.14 bits per heavy atom. The number of aryl methyl sites for hydroxylation is 1. The second-order valence-corrected chi connectivity index (χ2v) is 5.23. The number of rotatable bonds is 5. The van der Waals surface area contributed by atoms with Gasteiger partial charge in [-0.05, 0) is 33.8 Å². The van der Waals surface area contributed by atoms with E-state index >= 15 is 0 Å². The van der Waals surface area contributed by atoms with E-state index in [2.05, 4.69) is 15.3 Å². The van der Waals surface area contributed by atoms with Crippen molar-refractivity contribution in [1.29, 1.82) is 0 Å². The van der Waals surface area contributed by atoms with Gasteiger partial charge in [-0.25, -0.2) is 9.37 Å². The molecule has 112 valence electrons. The number of nitrogens with zero attached hydrogens (tertiary/aromatic N) is 2. The number of halogens is 1. The molecule has 1 heterocycles. The molecule has 1 unspecified atom stereocenters. The predicted octanol–water partition coefficient (Wildman–Crippen LogP) is 3.88. The summed E-state index contributed by atoms with van der Waals surface area (Å²) in [7, 11) is 0. The maximum absolute atomic E-state index is 13.8.